The van der Waals surface area contributed by atoms with Gasteiger partial charge in [-0.2, -0.15) is 0 Å². The standard InChI is InChI=1S/C45H34N4/c1-4-15-32(16-5-1)42-47-43(33-28-26-31(27-29-33)40-25-12-13-30-46-40)49-44(48-42)37-22-14-24-39-41(37)36-21-10-11-23-38(36)45(39,34-17-6-2-7-18-34)35-19-8-3-9-20-35/h1-29,44,46H,30H2,(H,47,48,49). The second-order valence-corrected chi connectivity index (χ2v) is 12.6. The van der Waals surface area contributed by atoms with E-state index in [9.17, 15) is 0 Å². The SMILES string of the molecule is C1=CCNC(c2ccc(C3=NC(c4cccc5c4-c4ccccc4C5(c4ccccc4)c4ccccc4)N=C(c4ccccc4)N3)cc2)=C1. The molecule has 0 fully saturated rings. The third kappa shape index (κ3) is 4.84. The van der Waals surface area contributed by atoms with Gasteiger partial charge in [-0.25, -0.2) is 9.98 Å². The molecule has 6 aromatic carbocycles. The average molecular weight is 631 g/mol. The second-order valence-electron chi connectivity index (χ2n) is 12.6. The molecule has 1 aliphatic carbocycles. The van der Waals surface area contributed by atoms with Crippen molar-refractivity contribution in [3.05, 3.63) is 220 Å². The topological polar surface area (TPSA) is 48.8 Å². The van der Waals surface area contributed by atoms with Crippen LogP contribution in [0.25, 0.3) is 16.8 Å². The molecule has 2 heterocycles. The predicted octanol–water partition coefficient (Wildman–Crippen LogP) is 9.05. The molecule has 0 saturated carbocycles. The van der Waals surface area contributed by atoms with Gasteiger partial charge in [-0.3, -0.25) is 0 Å². The lowest BCUT2D eigenvalue weighted by Gasteiger charge is -2.34. The number of aliphatic imine (C=N–C) groups is 2. The molecule has 234 valence electrons. The Hall–Kier alpha value is -6.26. The summed E-state index contributed by atoms with van der Waals surface area (Å²) in [5.74, 6) is 1.61. The first-order valence-corrected chi connectivity index (χ1v) is 16.8. The van der Waals surface area contributed by atoms with Crippen LogP contribution in [0.4, 0.5) is 0 Å². The zero-order valence-corrected chi connectivity index (χ0v) is 26.9. The van der Waals surface area contributed by atoms with Crippen LogP contribution >= 0.6 is 0 Å². The molecule has 0 bridgehead atoms. The molecule has 0 aromatic heterocycles. The smallest absolute Gasteiger partial charge is 0.170 e. The summed E-state index contributed by atoms with van der Waals surface area (Å²) in [6.45, 7) is 0.834. The van der Waals surface area contributed by atoms with Gasteiger partial charge in [0.25, 0.3) is 0 Å². The summed E-state index contributed by atoms with van der Waals surface area (Å²) in [7, 11) is 0. The van der Waals surface area contributed by atoms with Gasteiger partial charge in [0, 0.05) is 28.9 Å². The summed E-state index contributed by atoms with van der Waals surface area (Å²) < 4.78 is 0. The minimum atomic E-state index is -0.483. The minimum Gasteiger partial charge on any atom is -0.381 e. The summed E-state index contributed by atoms with van der Waals surface area (Å²) in [5, 5.41) is 7.06. The normalized spacial score (nSPS) is 17.1. The monoisotopic (exact) mass is 630 g/mol. The van der Waals surface area contributed by atoms with Crippen LogP contribution in [-0.2, 0) is 5.41 Å². The zero-order chi connectivity index (χ0) is 32.6. The van der Waals surface area contributed by atoms with Crippen molar-refractivity contribution in [3.63, 3.8) is 0 Å². The molecule has 0 amide bonds. The summed E-state index contributed by atoms with van der Waals surface area (Å²) in [6, 6.07) is 56.3. The van der Waals surface area contributed by atoms with E-state index in [0.717, 1.165) is 46.2 Å². The van der Waals surface area contributed by atoms with E-state index < -0.39 is 11.6 Å². The Morgan fingerprint density at radius 3 is 1.76 bits per heavy atom. The van der Waals surface area contributed by atoms with Crippen molar-refractivity contribution >= 4 is 17.4 Å². The van der Waals surface area contributed by atoms with Gasteiger partial charge >= 0.3 is 0 Å². The van der Waals surface area contributed by atoms with Crippen molar-refractivity contribution in [1.82, 2.24) is 10.6 Å². The maximum Gasteiger partial charge on any atom is 0.170 e. The Morgan fingerprint density at radius 2 is 1.10 bits per heavy atom. The van der Waals surface area contributed by atoms with Gasteiger partial charge in [-0.15, -0.1) is 0 Å². The highest BCUT2D eigenvalue weighted by Crippen LogP contribution is 2.57. The van der Waals surface area contributed by atoms with Gasteiger partial charge < -0.3 is 10.6 Å². The number of nitrogens with zero attached hydrogens (tertiary/aromatic N) is 2. The molecule has 0 saturated heterocycles. The van der Waals surface area contributed by atoms with Crippen molar-refractivity contribution in [2.75, 3.05) is 6.54 Å². The first kappa shape index (κ1) is 28.9. The lowest BCUT2D eigenvalue weighted by molar-refractivity contribution is 0.746. The summed E-state index contributed by atoms with van der Waals surface area (Å²) in [4.78, 5) is 10.7. The Morgan fingerprint density at radius 1 is 0.531 bits per heavy atom. The van der Waals surface area contributed by atoms with Crippen LogP contribution in [0.5, 0.6) is 0 Å². The summed E-state index contributed by atoms with van der Waals surface area (Å²) in [5.41, 5.74) is 12.3. The van der Waals surface area contributed by atoms with Crippen LogP contribution in [0.2, 0.25) is 0 Å². The van der Waals surface area contributed by atoms with Crippen LogP contribution in [0.15, 0.2) is 186 Å². The Bertz CT molecular complexity index is 2240. The highest BCUT2D eigenvalue weighted by Gasteiger charge is 2.47. The van der Waals surface area contributed by atoms with E-state index in [4.69, 9.17) is 9.98 Å². The van der Waals surface area contributed by atoms with E-state index in [-0.39, 0.29) is 0 Å². The van der Waals surface area contributed by atoms with Gasteiger partial charge in [0.15, 0.2) is 6.17 Å². The fraction of sp³-hybridized carbons (Fsp3) is 0.0667. The Labute approximate surface area is 286 Å². The fourth-order valence-electron chi connectivity index (χ4n) is 7.68. The first-order valence-electron chi connectivity index (χ1n) is 16.8. The van der Waals surface area contributed by atoms with Crippen molar-refractivity contribution in [3.8, 4) is 11.1 Å². The second kappa shape index (κ2) is 12.1. The van der Waals surface area contributed by atoms with Crippen LogP contribution < -0.4 is 10.6 Å². The molecule has 2 aliphatic heterocycles. The van der Waals surface area contributed by atoms with Crippen molar-refractivity contribution in [2.24, 2.45) is 9.98 Å². The first-order chi connectivity index (χ1) is 24.3. The molecule has 1 atom stereocenters. The van der Waals surface area contributed by atoms with Gasteiger partial charge in [0.05, 0.1) is 5.41 Å². The van der Waals surface area contributed by atoms with Gasteiger partial charge in [0.1, 0.15) is 11.7 Å². The van der Waals surface area contributed by atoms with Gasteiger partial charge in [0.2, 0.25) is 0 Å². The molecule has 4 nitrogen and oxygen atoms in total. The van der Waals surface area contributed by atoms with Gasteiger partial charge in [-0.05, 0) is 45.0 Å². The number of dihydropyridines is 1. The Balaban J connectivity index is 1.24. The number of nitrogens with one attached hydrogen (secondary N) is 2. The molecule has 2 N–H and O–H groups in total. The van der Waals surface area contributed by atoms with E-state index >= 15 is 0 Å². The lowest BCUT2D eigenvalue weighted by atomic mass is 9.67. The zero-order valence-electron chi connectivity index (χ0n) is 26.9. The van der Waals surface area contributed by atoms with E-state index in [1.54, 1.807) is 0 Å². The van der Waals surface area contributed by atoms with E-state index in [0.29, 0.717) is 0 Å². The molecule has 4 heteroatoms. The maximum absolute atomic E-state index is 5.36. The lowest BCUT2D eigenvalue weighted by Crippen LogP contribution is -2.36. The largest absolute Gasteiger partial charge is 0.381 e. The summed E-state index contributed by atoms with van der Waals surface area (Å²) in [6.07, 6.45) is 5.87. The highest BCUT2D eigenvalue weighted by molar-refractivity contribution is 6.16. The van der Waals surface area contributed by atoms with Crippen LogP contribution in [0, 0.1) is 0 Å². The van der Waals surface area contributed by atoms with Crippen LogP contribution in [-0.4, -0.2) is 18.2 Å². The Kier molecular flexibility index (Phi) is 7.13. The van der Waals surface area contributed by atoms with Gasteiger partial charge in [-0.1, -0.05) is 170 Å². The third-order valence-corrected chi connectivity index (χ3v) is 9.86. The van der Waals surface area contributed by atoms with E-state index in [1.807, 2.05) is 6.07 Å². The van der Waals surface area contributed by atoms with Crippen molar-refractivity contribution in [1.29, 1.82) is 0 Å². The number of benzene rings is 6. The number of rotatable bonds is 6. The van der Waals surface area contributed by atoms with Crippen molar-refractivity contribution < 1.29 is 0 Å². The molecule has 0 spiro atoms. The predicted molar refractivity (Wildman–Crippen MR) is 201 cm³/mol. The van der Waals surface area contributed by atoms with Crippen LogP contribution in [0.3, 0.4) is 0 Å². The molecule has 9 rings (SSSR count). The third-order valence-electron chi connectivity index (χ3n) is 9.86. The molecule has 1 unspecified atom stereocenters. The minimum absolute atomic E-state index is 0.454. The fourth-order valence-corrected chi connectivity index (χ4v) is 7.68. The molecule has 49 heavy (non-hydrogen) atoms. The number of hydrogen-bond acceptors (Lipinski definition) is 4. The molecule has 3 aliphatic rings. The number of amidine groups is 2. The number of hydrogen-bond donors (Lipinski definition) is 2. The summed E-state index contributed by atoms with van der Waals surface area (Å²) >= 11 is 0. The average Bonchev–Trinajstić information content (AvgIpc) is 3.50. The molecular formula is C45H34N4. The number of fused-ring (bicyclic) bond motifs is 3. The molecule has 0 radical (unpaired) electrons. The van der Waals surface area contributed by atoms with E-state index in [1.165, 1.54) is 33.4 Å². The number of allylic oxidation sites excluding steroid dienone is 2. The van der Waals surface area contributed by atoms with Crippen molar-refractivity contribution in [2.45, 2.75) is 11.6 Å². The molecular weight excluding hydrogens is 597 g/mol. The maximum atomic E-state index is 5.36. The highest BCUT2D eigenvalue weighted by atomic mass is 15.2. The van der Waals surface area contributed by atoms with Crippen LogP contribution in [0.1, 0.15) is 50.7 Å². The molecule has 6 aromatic rings. The quantitative estimate of drug-likeness (QED) is 0.193. The van der Waals surface area contributed by atoms with E-state index in [2.05, 4.69) is 181 Å².